The molecule has 3 rings (SSSR count). The van der Waals surface area contributed by atoms with Gasteiger partial charge >= 0.3 is 0 Å². The molecule has 0 spiro atoms. The first kappa shape index (κ1) is 20.9. The summed E-state index contributed by atoms with van der Waals surface area (Å²) in [7, 11) is 0. The maximum atomic E-state index is 13.5. The van der Waals surface area contributed by atoms with Gasteiger partial charge in [0.1, 0.15) is 16.6 Å². The number of anilines is 1. The number of nitrogens with one attached hydrogen (secondary N) is 2. The fourth-order valence-corrected chi connectivity index (χ4v) is 3.91. The molecule has 10 heteroatoms. The molecule has 0 aliphatic rings. The largest absolute Gasteiger partial charge is 0.351 e. The van der Waals surface area contributed by atoms with Gasteiger partial charge in [0, 0.05) is 23.5 Å². The molecule has 3 aromatic rings. The van der Waals surface area contributed by atoms with E-state index in [9.17, 15) is 18.4 Å². The fraction of sp³-hybridized carbons (Fsp3) is 0.158. The second kappa shape index (κ2) is 10.1. The summed E-state index contributed by atoms with van der Waals surface area (Å²) in [5, 5.41) is 13.7. The molecular formula is C19H16F2N4O2S2. The Labute approximate surface area is 173 Å². The summed E-state index contributed by atoms with van der Waals surface area (Å²) in [4.78, 5) is 24.0. The Bertz CT molecular complexity index is 1010. The molecule has 0 saturated heterocycles. The monoisotopic (exact) mass is 434 g/mol. The first-order valence-electron chi connectivity index (χ1n) is 8.48. The van der Waals surface area contributed by atoms with Crippen LogP contribution in [0.2, 0.25) is 0 Å². The van der Waals surface area contributed by atoms with Crippen LogP contribution >= 0.6 is 23.1 Å². The van der Waals surface area contributed by atoms with Gasteiger partial charge in [0.25, 0.3) is 5.91 Å². The normalized spacial score (nSPS) is 10.6. The predicted octanol–water partition coefficient (Wildman–Crippen LogP) is 3.62. The summed E-state index contributed by atoms with van der Waals surface area (Å²) >= 11 is 2.40. The van der Waals surface area contributed by atoms with Gasteiger partial charge in [-0.2, -0.15) is 0 Å². The molecule has 150 valence electrons. The molecule has 0 fully saturated rings. The van der Waals surface area contributed by atoms with E-state index in [4.69, 9.17) is 0 Å². The molecule has 1 aromatic heterocycles. The van der Waals surface area contributed by atoms with Crippen molar-refractivity contribution in [3.63, 3.8) is 0 Å². The Hall–Kier alpha value is -2.85. The number of halogens is 2. The number of nitrogens with zero attached hydrogens (tertiary/aromatic N) is 2. The fourth-order valence-electron chi connectivity index (χ4n) is 2.27. The number of benzene rings is 2. The van der Waals surface area contributed by atoms with Gasteiger partial charge in [-0.3, -0.25) is 9.59 Å². The number of aromatic nitrogens is 2. The van der Waals surface area contributed by atoms with Crippen molar-refractivity contribution in [2.75, 3.05) is 11.1 Å². The van der Waals surface area contributed by atoms with Gasteiger partial charge in [-0.25, -0.2) is 8.78 Å². The Morgan fingerprint density at radius 3 is 2.69 bits per heavy atom. The van der Waals surface area contributed by atoms with E-state index in [1.165, 1.54) is 36.0 Å². The van der Waals surface area contributed by atoms with E-state index in [0.29, 0.717) is 22.0 Å². The first-order valence-corrected chi connectivity index (χ1v) is 10.5. The molecule has 0 bridgehead atoms. The minimum Gasteiger partial charge on any atom is -0.351 e. The molecule has 0 radical (unpaired) electrons. The highest BCUT2D eigenvalue weighted by molar-refractivity contribution is 7.99. The van der Waals surface area contributed by atoms with Crippen LogP contribution in [-0.2, 0) is 17.1 Å². The zero-order chi connectivity index (χ0) is 20.6. The molecule has 0 aliphatic carbocycles. The Kier molecular flexibility index (Phi) is 7.25. The van der Waals surface area contributed by atoms with Crippen LogP contribution in [0.1, 0.15) is 20.4 Å². The Morgan fingerprint density at radius 1 is 1.07 bits per heavy atom. The molecule has 0 saturated carbocycles. The average molecular weight is 434 g/mol. The van der Waals surface area contributed by atoms with Crippen LogP contribution in [0.4, 0.5) is 14.5 Å². The maximum absolute atomic E-state index is 13.5. The maximum Gasteiger partial charge on any atom is 0.286 e. The van der Waals surface area contributed by atoms with E-state index < -0.39 is 11.7 Å². The molecule has 1 heterocycles. The van der Waals surface area contributed by atoms with Crippen molar-refractivity contribution in [3.05, 3.63) is 75.7 Å². The molecule has 0 aliphatic heterocycles. The van der Waals surface area contributed by atoms with Gasteiger partial charge in [0.2, 0.25) is 10.9 Å². The lowest BCUT2D eigenvalue weighted by Crippen LogP contribution is -2.25. The van der Waals surface area contributed by atoms with Crippen molar-refractivity contribution in [3.8, 4) is 0 Å². The molecular weight excluding hydrogens is 418 g/mol. The number of rotatable bonds is 8. The summed E-state index contributed by atoms with van der Waals surface area (Å²) < 4.78 is 26.7. The zero-order valence-corrected chi connectivity index (χ0v) is 16.7. The number of hydrogen-bond donors (Lipinski definition) is 2. The van der Waals surface area contributed by atoms with E-state index in [-0.39, 0.29) is 29.0 Å². The van der Waals surface area contributed by atoms with Crippen LogP contribution in [0, 0.1) is 11.6 Å². The topological polar surface area (TPSA) is 84.0 Å². The van der Waals surface area contributed by atoms with Crippen molar-refractivity contribution < 1.29 is 18.4 Å². The molecule has 29 heavy (non-hydrogen) atoms. The van der Waals surface area contributed by atoms with E-state index >= 15 is 0 Å². The lowest BCUT2D eigenvalue weighted by molar-refractivity contribution is -0.118. The van der Waals surface area contributed by atoms with Gasteiger partial charge in [0.15, 0.2) is 0 Å². The van der Waals surface area contributed by atoms with E-state index in [1.54, 1.807) is 24.3 Å². The third-order valence-electron chi connectivity index (χ3n) is 3.64. The number of carbonyl (C=O) groups excluding carboxylic acids is 2. The zero-order valence-electron chi connectivity index (χ0n) is 15.0. The number of carbonyl (C=O) groups is 2. The molecule has 2 amide bonds. The van der Waals surface area contributed by atoms with Crippen LogP contribution in [0.3, 0.4) is 0 Å². The second-order valence-corrected chi connectivity index (χ2v) is 7.87. The highest BCUT2D eigenvalue weighted by Gasteiger charge is 2.14. The summed E-state index contributed by atoms with van der Waals surface area (Å²) in [6.45, 7) is 0.120. The molecule has 0 unspecified atom stereocenters. The Morgan fingerprint density at radius 2 is 1.90 bits per heavy atom. The standard InChI is InChI=1S/C19H16F2N4O2S2/c20-13-5-3-6-14(8-13)23-18(27)19-25-24-17(29-19)11-28-10-16(26)22-9-12-4-1-2-7-15(12)21/h1-8H,9-11H2,(H,22,26)(H,23,27). The van der Waals surface area contributed by atoms with E-state index in [0.717, 1.165) is 11.3 Å². The molecule has 6 nitrogen and oxygen atoms in total. The van der Waals surface area contributed by atoms with Crippen molar-refractivity contribution in [1.29, 1.82) is 0 Å². The van der Waals surface area contributed by atoms with Gasteiger partial charge in [-0.15, -0.1) is 22.0 Å². The molecule has 2 N–H and O–H groups in total. The SMILES string of the molecule is O=C(CSCc1nnc(C(=O)Nc2cccc(F)c2)s1)NCc1ccccc1F. The second-order valence-electron chi connectivity index (χ2n) is 5.83. The van der Waals surface area contributed by atoms with Crippen molar-refractivity contribution in [2.45, 2.75) is 12.3 Å². The van der Waals surface area contributed by atoms with Crippen LogP contribution in [0.15, 0.2) is 48.5 Å². The van der Waals surface area contributed by atoms with Crippen molar-refractivity contribution >= 4 is 40.6 Å². The van der Waals surface area contributed by atoms with E-state index in [2.05, 4.69) is 20.8 Å². The summed E-state index contributed by atoms with van der Waals surface area (Å²) in [5.74, 6) is -0.959. The lowest BCUT2D eigenvalue weighted by Gasteiger charge is -2.05. The smallest absolute Gasteiger partial charge is 0.286 e. The summed E-state index contributed by atoms with van der Waals surface area (Å²) in [5.41, 5.74) is 0.747. The van der Waals surface area contributed by atoms with Crippen LogP contribution < -0.4 is 10.6 Å². The van der Waals surface area contributed by atoms with Gasteiger partial charge in [0.05, 0.1) is 5.75 Å². The average Bonchev–Trinajstić information content (AvgIpc) is 3.16. The first-order chi connectivity index (χ1) is 14.0. The summed E-state index contributed by atoms with van der Waals surface area (Å²) in [6.07, 6.45) is 0. The van der Waals surface area contributed by atoms with Gasteiger partial charge in [-0.1, -0.05) is 35.6 Å². The van der Waals surface area contributed by atoms with Crippen molar-refractivity contribution in [1.82, 2.24) is 15.5 Å². The van der Waals surface area contributed by atoms with Gasteiger partial charge < -0.3 is 10.6 Å². The minimum atomic E-state index is -0.480. The van der Waals surface area contributed by atoms with Crippen molar-refractivity contribution in [2.24, 2.45) is 0 Å². The molecule has 2 aromatic carbocycles. The van der Waals surface area contributed by atoms with Crippen LogP contribution in [0.5, 0.6) is 0 Å². The Balaban J connectivity index is 1.42. The van der Waals surface area contributed by atoms with Gasteiger partial charge in [-0.05, 0) is 24.3 Å². The lowest BCUT2D eigenvalue weighted by atomic mass is 10.2. The quantitative estimate of drug-likeness (QED) is 0.566. The van der Waals surface area contributed by atoms with Crippen LogP contribution in [0.25, 0.3) is 0 Å². The minimum absolute atomic E-state index is 0.120. The van der Waals surface area contributed by atoms with Crippen LogP contribution in [-0.4, -0.2) is 27.8 Å². The highest BCUT2D eigenvalue weighted by Crippen LogP contribution is 2.18. The third kappa shape index (κ3) is 6.33. The number of amides is 2. The van der Waals surface area contributed by atoms with E-state index in [1.807, 2.05) is 0 Å². The number of thioether (sulfide) groups is 1. The molecule has 0 atom stereocenters. The third-order valence-corrected chi connectivity index (χ3v) is 5.68. The highest BCUT2D eigenvalue weighted by atomic mass is 32.2. The predicted molar refractivity (Wildman–Crippen MR) is 109 cm³/mol. The summed E-state index contributed by atoms with van der Waals surface area (Å²) in [6, 6.07) is 11.8. The number of hydrogen-bond acceptors (Lipinski definition) is 6.